The van der Waals surface area contributed by atoms with E-state index in [1.165, 1.54) is 11.1 Å². The van der Waals surface area contributed by atoms with Crippen molar-refractivity contribution >= 4 is 6.08 Å². The van der Waals surface area contributed by atoms with Gasteiger partial charge < -0.3 is 4.74 Å². The molecule has 0 aromatic heterocycles. The summed E-state index contributed by atoms with van der Waals surface area (Å²) in [4.78, 5) is 0. The van der Waals surface area contributed by atoms with Crippen LogP contribution in [0.4, 0.5) is 0 Å². The summed E-state index contributed by atoms with van der Waals surface area (Å²) in [5.74, 6) is 0.899. The van der Waals surface area contributed by atoms with Crippen molar-refractivity contribution in [3.05, 3.63) is 71.8 Å². The first-order chi connectivity index (χ1) is 8.88. The van der Waals surface area contributed by atoms with E-state index in [9.17, 15) is 0 Å². The Morgan fingerprint density at radius 3 is 2.33 bits per heavy atom. The lowest BCUT2D eigenvalue weighted by atomic mass is 10.1. The highest BCUT2D eigenvalue weighted by molar-refractivity contribution is 5.50. The fourth-order valence-corrected chi connectivity index (χ4v) is 1.83. The summed E-state index contributed by atoms with van der Waals surface area (Å²) >= 11 is 0. The van der Waals surface area contributed by atoms with Crippen LogP contribution in [0.3, 0.4) is 0 Å². The summed E-state index contributed by atoms with van der Waals surface area (Å²) in [5.41, 5.74) is 2.60. The predicted octanol–water partition coefficient (Wildman–Crippen LogP) is 4.34. The van der Waals surface area contributed by atoms with Crippen LogP contribution >= 0.6 is 0 Å². The van der Waals surface area contributed by atoms with Crippen molar-refractivity contribution < 1.29 is 4.74 Å². The second-order valence-corrected chi connectivity index (χ2v) is 4.20. The quantitative estimate of drug-likeness (QED) is 0.753. The molecule has 1 nitrogen and oxygen atoms in total. The van der Waals surface area contributed by atoms with Gasteiger partial charge in [-0.25, -0.2) is 0 Å². The highest BCUT2D eigenvalue weighted by Gasteiger charge is 1.91. The van der Waals surface area contributed by atoms with Crippen molar-refractivity contribution in [1.82, 2.24) is 0 Å². The van der Waals surface area contributed by atoms with Gasteiger partial charge >= 0.3 is 0 Å². The Balaban J connectivity index is 1.84. The Hall–Kier alpha value is -2.02. The third-order valence-electron chi connectivity index (χ3n) is 2.87. The van der Waals surface area contributed by atoms with E-state index in [1.54, 1.807) is 7.11 Å². The first-order valence-electron chi connectivity index (χ1n) is 6.23. The topological polar surface area (TPSA) is 9.23 Å². The van der Waals surface area contributed by atoms with Gasteiger partial charge in [-0.15, -0.1) is 0 Å². The van der Waals surface area contributed by atoms with Crippen LogP contribution in [0.25, 0.3) is 6.08 Å². The molecule has 2 aromatic carbocycles. The Kier molecular flexibility index (Phi) is 4.60. The Morgan fingerprint density at radius 2 is 1.67 bits per heavy atom. The van der Waals surface area contributed by atoms with E-state index < -0.39 is 0 Å². The number of allylic oxidation sites excluding steroid dienone is 1. The first-order valence-corrected chi connectivity index (χ1v) is 6.23. The zero-order valence-electron chi connectivity index (χ0n) is 10.7. The fraction of sp³-hybridized carbons (Fsp3) is 0.176. The molecule has 0 saturated heterocycles. The van der Waals surface area contributed by atoms with Crippen LogP contribution in [0.15, 0.2) is 60.7 Å². The average molecular weight is 238 g/mol. The fourth-order valence-electron chi connectivity index (χ4n) is 1.83. The minimum Gasteiger partial charge on any atom is -0.497 e. The molecular formula is C17H18O. The summed E-state index contributed by atoms with van der Waals surface area (Å²) in [7, 11) is 1.69. The van der Waals surface area contributed by atoms with E-state index in [0.717, 1.165) is 18.6 Å². The second-order valence-electron chi connectivity index (χ2n) is 4.20. The van der Waals surface area contributed by atoms with Crippen molar-refractivity contribution in [2.24, 2.45) is 0 Å². The number of hydrogen-bond acceptors (Lipinski definition) is 1. The van der Waals surface area contributed by atoms with Crippen LogP contribution in [0.2, 0.25) is 0 Å². The van der Waals surface area contributed by atoms with Gasteiger partial charge in [0.15, 0.2) is 0 Å². The molecule has 0 heterocycles. The Morgan fingerprint density at radius 1 is 0.944 bits per heavy atom. The lowest BCUT2D eigenvalue weighted by Gasteiger charge is -1.99. The molecule has 92 valence electrons. The van der Waals surface area contributed by atoms with Gasteiger partial charge in [-0.3, -0.25) is 0 Å². The monoisotopic (exact) mass is 238 g/mol. The molecule has 0 N–H and O–H groups in total. The molecule has 18 heavy (non-hydrogen) atoms. The van der Waals surface area contributed by atoms with E-state index in [4.69, 9.17) is 4.74 Å². The van der Waals surface area contributed by atoms with Gasteiger partial charge in [0.1, 0.15) is 5.75 Å². The molecule has 2 rings (SSSR count). The van der Waals surface area contributed by atoms with Gasteiger partial charge in [-0.05, 0) is 36.1 Å². The van der Waals surface area contributed by atoms with Crippen LogP contribution in [-0.4, -0.2) is 7.11 Å². The van der Waals surface area contributed by atoms with Crippen molar-refractivity contribution in [2.75, 3.05) is 7.11 Å². The highest BCUT2D eigenvalue weighted by atomic mass is 16.5. The molecule has 2 aromatic rings. The molecule has 0 bridgehead atoms. The first kappa shape index (κ1) is 12.4. The van der Waals surface area contributed by atoms with Crippen LogP contribution in [-0.2, 0) is 6.42 Å². The van der Waals surface area contributed by atoms with Gasteiger partial charge in [0.25, 0.3) is 0 Å². The third kappa shape index (κ3) is 3.77. The summed E-state index contributed by atoms with van der Waals surface area (Å²) in [6.45, 7) is 0. The zero-order valence-corrected chi connectivity index (χ0v) is 10.7. The molecule has 0 spiro atoms. The molecule has 0 aliphatic rings. The summed E-state index contributed by atoms with van der Waals surface area (Å²) < 4.78 is 5.13. The minimum atomic E-state index is 0.899. The van der Waals surface area contributed by atoms with E-state index in [-0.39, 0.29) is 0 Å². The molecular weight excluding hydrogens is 220 g/mol. The number of methoxy groups -OCH3 is 1. The lowest BCUT2D eigenvalue weighted by molar-refractivity contribution is 0.415. The van der Waals surface area contributed by atoms with Crippen molar-refractivity contribution in [3.63, 3.8) is 0 Å². The van der Waals surface area contributed by atoms with E-state index in [1.807, 2.05) is 12.1 Å². The normalized spacial score (nSPS) is 10.7. The Labute approximate surface area is 109 Å². The standard InChI is InChI=1S/C17H18O/c1-18-17-13-11-16(12-14-17)10-6-5-9-15-7-3-2-4-8-15/h2-4,6-8,10-14H,5,9H2,1H3. The number of ether oxygens (including phenoxy) is 1. The van der Waals surface area contributed by atoms with Gasteiger partial charge in [-0.2, -0.15) is 0 Å². The zero-order chi connectivity index (χ0) is 12.6. The number of rotatable bonds is 5. The number of aryl methyl sites for hydroxylation is 1. The largest absolute Gasteiger partial charge is 0.497 e. The summed E-state index contributed by atoms with van der Waals surface area (Å²) in [5, 5.41) is 0. The molecule has 0 atom stereocenters. The maximum Gasteiger partial charge on any atom is 0.118 e. The molecule has 0 aliphatic carbocycles. The van der Waals surface area contributed by atoms with Gasteiger partial charge in [0.05, 0.1) is 7.11 Å². The van der Waals surface area contributed by atoms with Crippen LogP contribution in [0.5, 0.6) is 5.75 Å². The van der Waals surface area contributed by atoms with Gasteiger partial charge in [0, 0.05) is 0 Å². The molecule has 1 heteroatoms. The SMILES string of the molecule is COc1ccc(C=CCCc2ccccc2)cc1. The third-order valence-corrected chi connectivity index (χ3v) is 2.87. The highest BCUT2D eigenvalue weighted by Crippen LogP contribution is 2.13. The molecule has 0 amide bonds. The summed E-state index contributed by atoms with van der Waals surface area (Å²) in [6, 6.07) is 18.7. The van der Waals surface area contributed by atoms with Crippen LogP contribution in [0.1, 0.15) is 17.5 Å². The predicted molar refractivity (Wildman–Crippen MR) is 76.8 cm³/mol. The second kappa shape index (κ2) is 6.65. The number of benzene rings is 2. The van der Waals surface area contributed by atoms with E-state index in [2.05, 4.69) is 54.6 Å². The maximum atomic E-state index is 5.13. The van der Waals surface area contributed by atoms with E-state index >= 15 is 0 Å². The van der Waals surface area contributed by atoms with Crippen LogP contribution < -0.4 is 4.74 Å². The minimum absolute atomic E-state index is 0.899. The summed E-state index contributed by atoms with van der Waals surface area (Å²) in [6.07, 6.45) is 6.53. The molecule has 0 unspecified atom stereocenters. The van der Waals surface area contributed by atoms with Crippen molar-refractivity contribution in [1.29, 1.82) is 0 Å². The van der Waals surface area contributed by atoms with Crippen molar-refractivity contribution in [2.45, 2.75) is 12.8 Å². The van der Waals surface area contributed by atoms with E-state index in [0.29, 0.717) is 0 Å². The van der Waals surface area contributed by atoms with Crippen LogP contribution in [0, 0.1) is 0 Å². The number of hydrogen-bond donors (Lipinski definition) is 0. The molecule has 0 aliphatic heterocycles. The smallest absolute Gasteiger partial charge is 0.118 e. The lowest BCUT2D eigenvalue weighted by Crippen LogP contribution is -1.82. The molecule has 0 radical (unpaired) electrons. The molecule has 0 fully saturated rings. The Bertz CT molecular complexity index is 483. The maximum absolute atomic E-state index is 5.13. The van der Waals surface area contributed by atoms with Gasteiger partial charge in [-0.1, -0.05) is 54.6 Å². The van der Waals surface area contributed by atoms with Gasteiger partial charge in [0.2, 0.25) is 0 Å². The average Bonchev–Trinajstić information content (AvgIpc) is 2.45. The van der Waals surface area contributed by atoms with Crippen molar-refractivity contribution in [3.8, 4) is 5.75 Å². The molecule has 0 saturated carbocycles.